The van der Waals surface area contributed by atoms with Crippen LogP contribution in [0.1, 0.15) is 5.69 Å². The second-order valence-corrected chi connectivity index (χ2v) is 6.98. The SMILES string of the molecule is Cc1cc(-c2nccc3nc(-c4c(Cl)cccc4Cl)sc23)ncn1. The molecule has 3 heterocycles. The number of benzene rings is 1. The van der Waals surface area contributed by atoms with Gasteiger partial charge in [0.2, 0.25) is 0 Å². The molecule has 0 saturated carbocycles. The maximum atomic E-state index is 6.32. The first-order chi connectivity index (χ1) is 11.6. The van der Waals surface area contributed by atoms with E-state index in [0.29, 0.717) is 10.0 Å². The number of rotatable bonds is 2. The molecule has 4 nitrogen and oxygen atoms in total. The summed E-state index contributed by atoms with van der Waals surface area (Å²) in [4.78, 5) is 17.6. The standard InChI is InChI=1S/C17H10Cl2N4S/c1-9-7-13(22-8-21-9)15-16-12(5-6-20-15)23-17(24-16)14-10(18)3-2-4-11(14)19/h2-8H,1H3. The molecule has 7 heteroatoms. The fraction of sp³-hybridized carbons (Fsp3) is 0.0588. The number of thiazole rings is 1. The second-order valence-electron chi connectivity index (χ2n) is 5.17. The molecule has 0 radical (unpaired) electrons. The third-order valence-electron chi connectivity index (χ3n) is 3.53. The molecule has 0 aliphatic heterocycles. The summed E-state index contributed by atoms with van der Waals surface area (Å²) in [7, 11) is 0. The number of pyridine rings is 1. The van der Waals surface area contributed by atoms with E-state index in [9.17, 15) is 0 Å². The van der Waals surface area contributed by atoms with E-state index in [-0.39, 0.29) is 0 Å². The molecule has 0 N–H and O–H groups in total. The Hall–Kier alpha value is -2.08. The van der Waals surface area contributed by atoms with Crippen LogP contribution in [0.5, 0.6) is 0 Å². The van der Waals surface area contributed by atoms with Crippen LogP contribution in [0.4, 0.5) is 0 Å². The minimum Gasteiger partial charge on any atom is -0.253 e. The zero-order valence-electron chi connectivity index (χ0n) is 12.5. The quantitative estimate of drug-likeness (QED) is 0.470. The number of aryl methyl sites for hydroxylation is 1. The Kier molecular flexibility index (Phi) is 3.92. The molecule has 0 amide bonds. The van der Waals surface area contributed by atoms with Gasteiger partial charge in [-0.05, 0) is 31.2 Å². The summed E-state index contributed by atoms with van der Waals surface area (Å²) in [5, 5.41) is 1.92. The first kappa shape index (κ1) is 15.4. The van der Waals surface area contributed by atoms with Crippen LogP contribution in [0.3, 0.4) is 0 Å². The molecule has 1 aromatic carbocycles. The van der Waals surface area contributed by atoms with Crippen LogP contribution in [0.2, 0.25) is 10.0 Å². The Labute approximate surface area is 152 Å². The van der Waals surface area contributed by atoms with Crippen molar-refractivity contribution in [1.29, 1.82) is 0 Å². The van der Waals surface area contributed by atoms with Crippen molar-refractivity contribution in [2.24, 2.45) is 0 Å². The third-order valence-corrected chi connectivity index (χ3v) is 5.25. The largest absolute Gasteiger partial charge is 0.253 e. The summed E-state index contributed by atoms with van der Waals surface area (Å²) < 4.78 is 0.946. The van der Waals surface area contributed by atoms with Gasteiger partial charge >= 0.3 is 0 Å². The number of fused-ring (bicyclic) bond motifs is 1. The van der Waals surface area contributed by atoms with Gasteiger partial charge in [-0.2, -0.15) is 0 Å². The van der Waals surface area contributed by atoms with Gasteiger partial charge in [0, 0.05) is 17.5 Å². The van der Waals surface area contributed by atoms with Gasteiger partial charge in [0.25, 0.3) is 0 Å². The Morgan fingerprint density at radius 3 is 2.54 bits per heavy atom. The summed E-state index contributed by atoms with van der Waals surface area (Å²) in [6, 6.07) is 9.21. The van der Waals surface area contributed by atoms with Crippen LogP contribution in [-0.4, -0.2) is 19.9 Å². The Morgan fingerprint density at radius 2 is 1.79 bits per heavy atom. The third kappa shape index (κ3) is 2.65. The molecule has 3 aromatic heterocycles. The molecule has 24 heavy (non-hydrogen) atoms. The summed E-state index contributed by atoms with van der Waals surface area (Å²) in [6.07, 6.45) is 3.27. The first-order valence-electron chi connectivity index (χ1n) is 7.12. The Balaban J connectivity index is 1.95. The number of hydrogen-bond acceptors (Lipinski definition) is 5. The van der Waals surface area contributed by atoms with Gasteiger partial charge in [-0.1, -0.05) is 29.3 Å². The van der Waals surface area contributed by atoms with Crippen LogP contribution in [0.25, 0.3) is 32.2 Å². The number of hydrogen-bond donors (Lipinski definition) is 0. The van der Waals surface area contributed by atoms with Gasteiger partial charge < -0.3 is 0 Å². The molecule has 4 aromatic rings. The van der Waals surface area contributed by atoms with Crippen LogP contribution >= 0.6 is 34.5 Å². The highest BCUT2D eigenvalue weighted by Crippen LogP contribution is 2.40. The average Bonchev–Trinajstić information content (AvgIpc) is 2.98. The first-order valence-corrected chi connectivity index (χ1v) is 8.69. The summed E-state index contributed by atoms with van der Waals surface area (Å²) in [6.45, 7) is 1.92. The Morgan fingerprint density at radius 1 is 1.00 bits per heavy atom. The van der Waals surface area contributed by atoms with Crippen LogP contribution in [-0.2, 0) is 0 Å². The molecular formula is C17H10Cl2N4S. The molecule has 0 saturated heterocycles. The highest BCUT2D eigenvalue weighted by atomic mass is 35.5. The number of halogens is 2. The zero-order valence-corrected chi connectivity index (χ0v) is 14.8. The lowest BCUT2D eigenvalue weighted by molar-refractivity contribution is 1.10. The van der Waals surface area contributed by atoms with Crippen LogP contribution in [0.15, 0.2) is 42.9 Å². The molecule has 0 fully saturated rings. The Bertz CT molecular complexity index is 1040. The number of nitrogens with zero attached hydrogens (tertiary/aromatic N) is 4. The minimum atomic E-state index is 0.578. The maximum Gasteiger partial charge on any atom is 0.127 e. The van der Waals surface area contributed by atoms with E-state index in [0.717, 1.165) is 37.9 Å². The van der Waals surface area contributed by atoms with Gasteiger partial charge in [-0.3, -0.25) is 4.98 Å². The van der Waals surface area contributed by atoms with Crippen molar-refractivity contribution in [2.45, 2.75) is 6.92 Å². The topological polar surface area (TPSA) is 51.6 Å². The van der Waals surface area contributed by atoms with Crippen LogP contribution in [0, 0.1) is 6.92 Å². The summed E-state index contributed by atoms with van der Waals surface area (Å²) in [5.74, 6) is 0. The normalized spacial score (nSPS) is 11.1. The predicted molar refractivity (Wildman–Crippen MR) is 98.6 cm³/mol. The van der Waals surface area contributed by atoms with Crippen molar-refractivity contribution >= 4 is 44.8 Å². The minimum absolute atomic E-state index is 0.578. The highest BCUT2D eigenvalue weighted by molar-refractivity contribution is 7.22. The van der Waals surface area contributed by atoms with Crippen molar-refractivity contribution < 1.29 is 0 Å². The van der Waals surface area contributed by atoms with Crippen molar-refractivity contribution in [1.82, 2.24) is 19.9 Å². The van der Waals surface area contributed by atoms with Crippen molar-refractivity contribution in [3.05, 3.63) is 58.6 Å². The van der Waals surface area contributed by atoms with E-state index < -0.39 is 0 Å². The highest BCUT2D eigenvalue weighted by Gasteiger charge is 2.16. The smallest absolute Gasteiger partial charge is 0.127 e. The van der Waals surface area contributed by atoms with E-state index in [2.05, 4.69) is 19.9 Å². The van der Waals surface area contributed by atoms with Gasteiger partial charge in [0.05, 0.1) is 26.0 Å². The van der Waals surface area contributed by atoms with Gasteiger partial charge in [0.15, 0.2) is 0 Å². The fourth-order valence-corrected chi connectivity index (χ4v) is 4.25. The van der Waals surface area contributed by atoms with E-state index in [1.54, 1.807) is 6.20 Å². The molecule has 0 unspecified atom stereocenters. The van der Waals surface area contributed by atoms with Gasteiger partial charge in [-0.15, -0.1) is 11.3 Å². The zero-order chi connectivity index (χ0) is 16.7. The molecule has 0 aliphatic rings. The predicted octanol–water partition coefficient (Wildman–Crippen LogP) is 5.43. The lowest BCUT2D eigenvalue weighted by Gasteiger charge is -2.02. The molecule has 118 valence electrons. The summed E-state index contributed by atoms with van der Waals surface area (Å²) >= 11 is 14.1. The maximum absolute atomic E-state index is 6.32. The van der Waals surface area contributed by atoms with Gasteiger partial charge in [-0.25, -0.2) is 15.0 Å². The van der Waals surface area contributed by atoms with Gasteiger partial charge in [0.1, 0.15) is 17.0 Å². The van der Waals surface area contributed by atoms with Crippen molar-refractivity contribution in [2.75, 3.05) is 0 Å². The fourth-order valence-electron chi connectivity index (χ4n) is 2.43. The lowest BCUT2D eigenvalue weighted by Crippen LogP contribution is -1.90. The molecule has 0 bridgehead atoms. The van der Waals surface area contributed by atoms with E-state index in [4.69, 9.17) is 23.2 Å². The summed E-state index contributed by atoms with van der Waals surface area (Å²) in [5.41, 5.74) is 4.02. The molecule has 0 atom stereocenters. The van der Waals surface area contributed by atoms with Crippen LogP contribution < -0.4 is 0 Å². The number of aromatic nitrogens is 4. The van der Waals surface area contributed by atoms with Crippen molar-refractivity contribution in [3.63, 3.8) is 0 Å². The average molecular weight is 373 g/mol. The van der Waals surface area contributed by atoms with E-state index in [1.165, 1.54) is 17.7 Å². The molecule has 4 rings (SSSR count). The molecule has 0 aliphatic carbocycles. The van der Waals surface area contributed by atoms with E-state index in [1.807, 2.05) is 37.3 Å². The lowest BCUT2D eigenvalue weighted by atomic mass is 10.2. The molecular weight excluding hydrogens is 363 g/mol. The van der Waals surface area contributed by atoms with Crippen molar-refractivity contribution in [3.8, 4) is 22.0 Å². The second kappa shape index (κ2) is 6.09. The molecule has 0 spiro atoms. The monoisotopic (exact) mass is 372 g/mol. The van der Waals surface area contributed by atoms with E-state index >= 15 is 0 Å².